The number of ether oxygens (including phenoxy) is 1. The first-order chi connectivity index (χ1) is 12.1. The quantitative estimate of drug-likeness (QED) is 0.784. The van der Waals surface area contributed by atoms with Crippen LogP contribution in [0.3, 0.4) is 0 Å². The second-order valence-electron chi connectivity index (χ2n) is 6.27. The number of aliphatic hydroxyl groups is 1. The van der Waals surface area contributed by atoms with Gasteiger partial charge in [-0.25, -0.2) is 4.39 Å². The fourth-order valence-corrected chi connectivity index (χ4v) is 2.99. The molecule has 0 spiro atoms. The molecule has 134 valence electrons. The Bertz CT molecular complexity index is 673. The number of nitrogens with two attached hydrogens (primary N) is 1. The van der Waals surface area contributed by atoms with Crippen molar-refractivity contribution in [3.8, 4) is 5.75 Å². The molecule has 1 aliphatic heterocycles. The molecule has 2 aromatic rings. The summed E-state index contributed by atoms with van der Waals surface area (Å²) >= 11 is 0. The summed E-state index contributed by atoms with van der Waals surface area (Å²) in [5.41, 5.74) is 6.96. The molecule has 0 aliphatic carbocycles. The number of β-amino-alcohol motifs (C(OH)–C–C–N with tert-alkyl or cyclic N) is 1. The van der Waals surface area contributed by atoms with Gasteiger partial charge in [0.05, 0.1) is 5.69 Å². The lowest BCUT2D eigenvalue weighted by Crippen LogP contribution is -2.49. The van der Waals surface area contributed by atoms with E-state index < -0.39 is 6.10 Å². The highest BCUT2D eigenvalue weighted by atomic mass is 19.1. The molecule has 1 atom stereocenters. The molecule has 2 aromatic carbocycles. The topological polar surface area (TPSA) is 62.0 Å². The fraction of sp³-hybridized carbons (Fsp3) is 0.368. The van der Waals surface area contributed by atoms with Gasteiger partial charge in [0, 0.05) is 38.4 Å². The summed E-state index contributed by atoms with van der Waals surface area (Å²) in [6.45, 7) is 3.83. The van der Waals surface area contributed by atoms with Gasteiger partial charge in [-0.05, 0) is 36.4 Å². The van der Waals surface area contributed by atoms with Crippen LogP contribution in [-0.2, 0) is 0 Å². The zero-order valence-electron chi connectivity index (χ0n) is 14.1. The van der Waals surface area contributed by atoms with Gasteiger partial charge in [-0.15, -0.1) is 0 Å². The number of nitrogens with zero attached hydrogens (tertiary/aromatic N) is 2. The minimum Gasteiger partial charge on any atom is -0.491 e. The Balaban J connectivity index is 1.42. The summed E-state index contributed by atoms with van der Waals surface area (Å²) in [4.78, 5) is 4.22. The number of benzene rings is 2. The van der Waals surface area contributed by atoms with Gasteiger partial charge in [-0.1, -0.05) is 12.1 Å². The van der Waals surface area contributed by atoms with Gasteiger partial charge in [0.15, 0.2) is 0 Å². The normalized spacial score (nSPS) is 16.6. The van der Waals surface area contributed by atoms with Gasteiger partial charge in [-0.2, -0.15) is 0 Å². The van der Waals surface area contributed by atoms with E-state index in [-0.39, 0.29) is 12.4 Å². The van der Waals surface area contributed by atoms with Crippen molar-refractivity contribution in [1.29, 1.82) is 0 Å². The summed E-state index contributed by atoms with van der Waals surface area (Å²) in [6, 6.07) is 14.0. The first kappa shape index (κ1) is 17.5. The second-order valence-corrected chi connectivity index (χ2v) is 6.27. The number of hydrogen-bond acceptors (Lipinski definition) is 5. The molecular formula is C19H24FN3O2. The number of para-hydroxylation sites is 1. The summed E-state index contributed by atoms with van der Waals surface area (Å²) in [6.07, 6.45) is -0.572. The fourth-order valence-electron chi connectivity index (χ4n) is 2.99. The van der Waals surface area contributed by atoms with E-state index in [1.807, 2.05) is 11.0 Å². The predicted molar refractivity (Wildman–Crippen MR) is 97.4 cm³/mol. The highest BCUT2D eigenvalue weighted by Crippen LogP contribution is 2.20. The van der Waals surface area contributed by atoms with Gasteiger partial charge >= 0.3 is 0 Å². The first-order valence-corrected chi connectivity index (χ1v) is 8.50. The van der Waals surface area contributed by atoms with E-state index in [9.17, 15) is 9.50 Å². The number of anilines is 2. The number of piperazine rings is 1. The van der Waals surface area contributed by atoms with E-state index in [0.29, 0.717) is 23.7 Å². The molecule has 1 unspecified atom stereocenters. The van der Waals surface area contributed by atoms with E-state index in [1.54, 1.807) is 36.4 Å². The van der Waals surface area contributed by atoms with Crippen molar-refractivity contribution in [2.45, 2.75) is 6.10 Å². The van der Waals surface area contributed by atoms with E-state index in [1.165, 1.54) is 6.07 Å². The van der Waals surface area contributed by atoms with Crippen LogP contribution in [-0.4, -0.2) is 55.4 Å². The average molecular weight is 345 g/mol. The molecule has 1 heterocycles. The monoisotopic (exact) mass is 345 g/mol. The number of halogens is 1. The van der Waals surface area contributed by atoms with E-state index >= 15 is 0 Å². The Morgan fingerprint density at radius 1 is 1.04 bits per heavy atom. The molecule has 25 heavy (non-hydrogen) atoms. The third kappa shape index (κ3) is 4.84. The molecule has 1 aliphatic rings. The molecule has 0 bridgehead atoms. The lowest BCUT2D eigenvalue weighted by atomic mass is 10.2. The van der Waals surface area contributed by atoms with Crippen molar-refractivity contribution < 1.29 is 14.2 Å². The highest BCUT2D eigenvalue weighted by Gasteiger charge is 2.21. The first-order valence-electron chi connectivity index (χ1n) is 8.50. The summed E-state index contributed by atoms with van der Waals surface area (Å²) in [7, 11) is 0. The van der Waals surface area contributed by atoms with Crippen LogP contribution >= 0.6 is 0 Å². The van der Waals surface area contributed by atoms with E-state index in [4.69, 9.17) is 10.5 Å². The second kappa shape index (κ2) is 8.18. The summed E-state index contributed by atoms with van der Waals surface area (Å²) < 4.78 is 19.4. The molecule has 0 aromatic heterocycles. The van der Waals surface area contributed by atoms with Gasteiger partial charge in [0.2, 0.25) is 0 Å². The Labute approximate surface area is 147 Å². The Morgan fingerprint density at radius 2 is 1.72 bits per heavy atom. The van der Waals surface area contributed by atoms with Crippen LogP contribution in [0.2, 0.25) is 0 Å². The number of aliphatic hydroxyl groups excluding tert-OH is 1. The van der Waals surface area contributed by atoms with Gasteiger partial charge in [-0.3, -0.25) is 4.90 Å². The van der Waals surface area contributed by atoms with Crippen LogP contribution in [0, 0.1) is 5.82 Å². The smallest absolute Gasteiger partial charge is 0.146 e. The van der Waals surface area contributed by atoms with Crippen molar-refractivity contribution in [3.05, 3.63) is 54.3 Å². The number of hydrogen-bond donors (Lipinski definition) is 2. The predicted octanol–water partition coefficient (Wildman–Crippen LogP) is 1.97. The molecular weight excluding hydrogens is 321 g/mol. The largest absolute Gasteiger partial charge is 0.491 e. The number of rotatable bonds is 6. The van der Waals surface area contributed by atoms with Crippen molar-refractivity contribution in [1.82, 2.24) is 4.90 Å². The van der Waals surface area contributed by atoms with Gasteiger partial charge in [0.25, 0.3) is 0 Å². The molecule has 0 saturated carbocycles. The molecule has 0 radical (unpaired) electrons. The Hall–Kier alpha value is -2.31. The minimum absolute atomic E-state index is 0.187. The lowest BCUT2D eigenvalue weighted by molar-refractivity contribution is 0.0663. The standard InChI is InChI=1S/C19H24FN3O2/c20-18-3-1-2-4-19(18)23-11-9-22(10-12-23)13-16(24)14-25-17-7-5-15(21)6-8-17/h1-8,16,24H,9-14,21H2. The maximum Gasteiger partial charge on any atom is 0.146 e. The maximum atomic E-state index is 13.8. The zero-order chi connectivity index (χ0) is 17.6. The molecule has 1 fully saturated rings. The van der Waals surface area contributed by atoms with Crippen LogP contribution in [0.4, 0.5) is 15.8 Å². The molecule has 0 amide bonds. The van der Waals surface area contributed by atoms with E-state index in [0.717, 1.165) is 26.2 Å². The van der Waals surface area contributed by atoms with Crippen LogP contribution in [0.5, 0.6) is 5.75 Å². The van der Waals surface area contributed by atoms with Crippen molar-refractivity contribution >= 4 is 11.4 Å². The lowest BCUT2D eigenvalue weighted by Gasteiger charge is -2.36. The third-order valence-electron chi connectivity index (χ3n) is 4.36. The van der Waals surface area contributed by atoms with Crippen LogP contribution in [0.1, 0.15) is 0 Å². The van der Waals surface area contributed by atoms with Gasteiger partial charge in [0.1, 0.15) is 24.3 Å². The third-order valence-corrected chi connectivity index (χ3v) is 4.36. The van der Waals surface area contributed by atoms with E-state index in [2.05, 4.69) is 4.90 Å². The summed E-state index contributed by atoms with van der Waals surface area (Å²) in [5.74, 6) is 0.505. The van der Waals surface area contributed by atoms with Gasteiger partial charge < -0.3 is 20.5 Å². The zero-order valence-corrected chi connectivity index (χ0v) is 14.1. The molecule has 5 nitrogen and oxygen atoms in total. The molecule has 6 heteroatoms. The summed E-state index contributed by atoms with van der Waals surface area (Å²) in [5, 5.41) is 10.2. The van der Waals surface area contributed by atoms with Crippen molar-refractivity contribution in [2.24, 2.45) is 0 Å². The molecule has 3 N–H and O–H groups in total. The van der Waals surface area contributed by atoms with Crippen LogP contribution in [0.25, 0.3) is 0 Å². The Kier molecular flexibility index (Phi) is 5.73. The SMILES string of the molecule is Nc1ccc(OCC(O)CN2CCN(c3ccccc3F)CC2)cc1. The Morgan fingerprint density at radius 3 is 2.40 bits per heavy atom. The molecule has 3 rings (SSSR count). The maximum absolute atomic E-state index is 13.8. The minimum atomic E-state index is -0.572. The van der Waals surface area contributed by atoms with Crippen molar-refractivity contribution in [3.63, 3.8) is 0 Å². The number of nitrogen functional groups attached to an aromatic ring is 1. The average Bonchev–Trinajstić information content (AvgIpc) is 2.62. The van der Waals surface area contributed by atoms with Crippen LogP contribution in [0.15, 0.2) is 48.5 Å². The van der Waals surface area contributed by atoms with Crippen LogP contribution < -0.4 is 15.4 Å². The van der Waals surface area contributed by atoms with Crippen molar-refractivity contribution in [2.75, 3.05) is 50.0 Å². The highest BCUT2D eigenvalue weighted by molar-refractivity contribution is 5.48. The molecule has 1 saturated heterocycles.